The van der Waals surface area contributed by atoms with E-state index in [1.165, 1.54) is 21.9 Å². The van der Waals surface area contributed by atoms with E-state index in [0.29, 0.717) is 0 Å². The predicted molar refractivity (Wildman–Crippen MR) is 138 cm³/mol. The summed E-state index contributed by atoms with van der Waals surface area (Å²) in [6, 6.07) is 27.3. The summed E-state index contributed by atoms with van der Waals surface area (Å²) in [4.78, 5) is 16.7. The third-order valence-corrected chi connectivity index (χ3v) is 6.26. The Bertz CT molecular complexity index is 1700. The van der Waals surface area contributed by atoms with Gasteiger partial charge in [-0.2, -0.15) is 0 Å². The van der Waals surface area contributed by atoms with Crippen LogP contribution in [-0.4, -0.2) is 33.3 Å². The molecule has 0 spiro atoms. The van der Waals surface area contributed by atoms with Gasteiger partial charge >= 0.3 is 0 Å². The molecular formula is C27H19N4O3S-. The molecule has 1 aliphatic rings. The van der Waals surface area contributed by atoms with E-state index in [1.54, 1.807) is 0 Å². The molecule has 2 unspecified atom stereocenters. The van der Waals surface area contributed by atoms with Gasteiger partial charge in [-0.25, -0.2) is 14.2 Å². The van der Waals surface area contributed by atoms with Crippen molar-refractivity contribution < 1.29 is 13.3 Å². The van der Waals surface area contributed by atoms with E-state index in [4.69, 9.17) is 23.3 Å². The maximum Gasteiger partial charge on any atom is 0.139 e. The Morgan fingerprint density at radius 3 is 2.23 bits per heavy atom. The van der Waals surface area contributed by atoms with Gasteiger partial charge in [0, 0.05) is 5.56 Å². The fraction of sp³-hybridized carbons (Fsp3) is 0.0370. The molecule has 3 N–H and O–H groups in total. The summed E-state index contributed by atoms with van der Waals surface area (Å²) in [5, 5.41) is 2.51. The smallest absolute Gasteiger partial charge is 0.139 e. The van der Waals surface area contributed by atoms with Gasteiger partial charge in [-0.1, -0.05) is 66.7 Å². The van der Waals surface area contributed by atoms with Crippen LogP contribution in [0.1, 0.15) is 22.9 Å². The number of para-hydroxylation sites is 4. The number of allylic oxidation sites excluding steroid dienone is 1. The number of H-pyrrole nitrogens is 2. The highest BCUT2D eigenvalue weighted by Crippen LogP contribution is 2.41. The predicted octanol–water partition coefficient (Wildman–Crippen LogP) is 5.76. The molecule has 0 aliphatic heterocycles. The zero-order chi connectivity index (χ0) is 23.9. The first-order valence-electron chi connectivity index (χ1n) is 11.0. The van der Waals surface area contributed by atoms with Gasteiger partial charge in [0.15, 0.2) is 0 Å². The lowest BCUT2D eigenvalue weighted by atomic mass is 9.83. The maximum absolute atomic E-state index is 8.56. The van der Waals surface area contributed by atoms with Gasteiger partial charge in [0.05, 0.1) is 39.3 Å². The summed E-state index contributed by atoms with van der Waals surface area (Å²) in [6.07, 6.45) is 4.48. The highest BCUT2D eigenvalue weighted by molar-refractivity contribution is 7.73. The molecule has 7 nitrogen and oxygen atoms in total. The molecule has 0 radical (unpaired) electrons. The number of nitrogens with one attached hydrogen (secondary N) is 2. The number of hydrogen-bond donors (Lipinski definition) is 3. The normalized spacial score (nSPS) is 15.3. The third-order valence-electron chi connectivity index (χ3n) is 6.26. The lowest BCUT2D eigenvalue weighted by Gasteiger charge is -2.21. The molecule has 0 bridgehead atoms. The summed E-state index contributed by atoms with van der Waals surface area (Å²) in [7, 11) is 0. The van der Waals surface area contributed by atoms with Gasteiger partial charge in [0.2, 0.25) is 0 Å². The van der Waals surface area contributed by atoms with E-state index >= 15 is 0 Å². The average Bonchev–Trinajstić information content (AvgIpc) is 3.48. The highest BCUT2D eigenvalue weighted by atomic mass is 32.2. The molecule has 7 rings (SSSR count). The molecule has 6 aromatic rings. The number of aromatic amines is 2. The number of rotatable bonds is 2. The summed E-state index contributed by atoms with van der Waals surface area (Å²) < 4.78 is 24.1. The Kier molecular flexibility index (Phi) is 5.26. The molecule has 2 heterocycles. The molecule has 2 atom stereocenters. The number of nitrogens with zero attached hydrogens (tertiary/aromatic N) is 2. The lowest BCUT2D eigenvalue weighted by Crippen LogP contribution is -2.06. The first-order chi connectivity index (χ1) is 17.1. The quantitative estimate of drug-likeness (QED) is 0.273. The van der Waals surface area contributed by atoms with E-state index in [2.05, 4.69) is 70.7 Å². The number of aromatic nitrogens is 4. The molecule has 172 valence electrons. The van der Waals surface area contributed by atoms with Crippen molar-refractivity contribution in [1.82, 2.24) is 19.9 Å². The second-order valence-electron chi connectivity index (χ2n) is 8.27. The van der Waals surface area contributed by atoms with Crippen molar-refractivity contribution in [3.63, 3.8) is 0 Å². The van der Waals surface area contributed by atoms with E-state index in [-0.39, 0.29) is 5.92 Å². The summed E-state index contributed by atoms with van der Waals surface area (Å²) in [6.45, 7) is 0. The molecule has 4 aromatic carbocycles. The largest absolute Gasteiger partial charge is 0.750 e. The molecule has 1 aliphatic carbocycles. The zero-order valence-corrected chi connectivity index (χ0v) is 19.1. The number of benzene rings is 4. The Balaban J connectivity index is 0.000000534. The molecule has 35 heavy (non-hydrogen) atoms. The van der Waals surface area contributed by atoms with Gasteiger partial charge < -0.3 is 19.1 Å². The average molecular weight is 480 g/mol. The van der Waals surface area contributed by atoms with Crippen molar-refractivity contribution in [1.29, 1.82) is 0 Å². The molecule has 0 saturated heterocycles. The molecule has 2 aromatic heterocycles. The Labute approximate surface area is 202 Å². The SMILES string of the molecule is C1=CC(c2nc3ccccc3[nH]2)c2cccc3ccc(-c4nc5ccccc5[nH]4)c1c23.O=S([O-])O. The minimum absolute atomic E-state index is 0.0922. The summed E-state index contributed by atoms with van der Waals surface area (Å²) >= 11 is -2.86. The van der Waals surface area contributed by atoms with Crippen molar-refractivity contribution in [3.8, 4) is 11.4 Å². The van der Waals surface area contributed by atoms with Crippen LogP contribution in [0.4, 0.5) is 0 Å². The summed E-state index contributed by atoms with van der Waals surface area (Å²) in [5.41, 5.74) is 7.71. The Hall–Kier alpha value is -4.11. The van der Waals surface area contributed by atoms with Gasteiger partial charge in [-0.3, -0.25) is 0 Å². The van der Waals surface area contributed by atoms with Crippen molar-refractivity contribution in [2.24, 2.45) is 0 Å². The van der Waals surface area contributed by atoms with Crippen LogP contribution < -0.4 is 0 Å². The molecular weight excluding hydrogens is 460 g/mol. The van der Waals surface area contributed by atoms with Crippen LogP contribution in [-0.2, 0) is 11.4 Å². The van der Waals surface area contributed by atoms with E-state index < -0.39 is 11.4 Å². The monoisotopic (exact) mass is 479 g/mol. The first-order valence-corrected chi connectivity index (χ1v) is 12.0. The van der Waals surface area contributed by atoms with E-state index in [0.717, 1.165) is 39.3 Å². The molecule has 0 saturated carbocycles. The van der Waals surface area contributed by atoms with Crippen LogP contribution in [0.15, 0.2) is 84.9 Å². The van der Waals surface area contributed by atoms with Crippen LogP contribution in [0.5, 0.6) is 0 Å². The lowest BCUT2D eigenvalue weighted by molar-refractivity contribution is 0.436. The number of hydrogen-bond acceptors (Lipinski definition) is 4. The van der Waals surface area contributed by atoms with Crippen molar-refractivity contribution in [2.75, 3.05) is 0 Å². The van der Waals surface area contributed by atoms with Crippen LogP contribution in [0.25, 0.3) is 50.3 Å². The van der Waals surface area contributed by atoms with Crippen molar-refractivity contribution in [2.45, 2.75) is 5.92 Å². The summed E-state index contributed by atoms with van der Waals surface area (Å²) in [5.74, 6) is 1.97. The number of imidazole rings is 2. The van der Waals surface area contributed by atoms with Gasteiger partial charge in [0.1, 0.15) is 11.6 Å². The molecule has 8 heteroatoms. The zero-order valence-electron chi connectivity index (χ0n) is 18.3. The van der Waals surface area contributed by atoms with Gasteiger partial charge in [-0.15, -0.1) is 0 Å². The van der Waals surface area contributed by atoms with Crippen molar-refractivity contribution >= 4 is 50.3 Å². The second kappa shape index (κ2) is 8.59. The van der Waals surface area contributed by atoms with Gasteiger partial charge in [-0.05, 0) is 46.2 Å². The minimum atomic E-state index is -2.86. The molecule has 0 fully saturated rings. The molecule has 0 amide bonds. The Morgan fingerprint density at radius 1 is 0.829 bits per heavy atom. The van der Waals surface area contributed by atoms with Crippen LogP contribution in [0.3, 0.4) is 0 Å². The van der Waals surface area contributed by atoms with E-state index in [1.807, 2.05) is 30.3 Å². The topological polar surface area (TPSA) is 118 Å². The fourth-order valence-electron chi connectivity index (χ4n) is 4.81. The highest BCUT2D eigenvalue weighted by Gasteiger charge is 2.24. The van der Waals surface area contributed by atoms with Crippen molar-refractivity contribution in [3.05, 3.63) is 102 Å². The van der Waals surface area contributed by atoms with Crippen LogP contribution in [0, 0.1) is 0 Å². The second-order valence-corrected chi connectivity index (χ2v) is 8.70. The fourth-order valence-corrected chi connectivity index (χ4v) is 4.81. The standard InChI is InChI=1S/C27H18N4.H2O3S/c1-2-9-22-21(8-1)28-26(29-22)19-13-12-16-6-5-7-17-20(15-14-18(19)25(16)17)27-30-23-10-3-4-11-24(23)31-27;1-4(2)3/h1-15,20H,(H,28,29)(H,30,31);(H2,1,2,3)/p-1. The third kappa shape index (κ3) is 3.83. The first kappa shape index (κ1) is 21.4. The van der Waals surface area contributed by atoms with Gasteiger partial charge in [0.25, 0.3) is 0 Å². The van der Waals surface area contributed by atoms with E-state index in [9.17, 15) is 0 Å². The Morgan fingerprint density at radius 2 is 1.51 bits per heavy atom. The van der Waals surface area contributed by atoms with Crippen LogP contribution in [0.2, 0.25) is 0 Å². The van der Waals surface area contributed by atoms with Crippen LogP contribution >= 0.6 is 0 Å². The minimum Gasteiger partial charge on any atom is -0.750 e. The maximum atomic E-state index is 8.56. The number of fused-ring (bicyclic) bond motifs is 2.